The molecule has 0 spiro atoms. The van der Waals surface area contributed by atoms with Gasteiger partial charge in [-0.3, -0.25) is 4.98 Å². The molecule has 0 amide bonds. The number of hydrogen-bond donors (Lipinski definition) is 1. The number of pyridine rings is 2. The van der Waals surface area contributed by atoms with Crippen LogP contribution in [0.3, 0.4) is 0 Å². The van der Waals surface area contributed by atoms with Gasteiger partial charge in [-0.25, -0.2) is 4.98 Å². The Morgan fingerprint density at radius 3 is 1.95 bits per heavy atom. The molecule has 0 radical (unpaired) electrons. The van der Waals surface area contributed by atoms with Gasteiger partial charge in [0.25, 0.3) is 0 Å². The van der Waals surface area contributed by atoms with Crippen LogP contribution in [0, 0.1) is 0 Å². The van der Waals surface area contributed by atoms with Crippen molar-refractivity contribution >= 4 is 0 Å². The Labute approximate surface area is 123 Å². The summed E-state index contributed by atoms with van der Waals surface area (Å²) in [5.74, 6) is 1.43. The van der Waals surface area contributed by atoms with Crippen LogP contribution in [0.1, 0.15) is 5.69 Å². The number of hydrogen-bond acceptors (Lipinski definition) is 4. The summed E-state index contributed by atoms with van der Waals surface area (Å²) in [6.45, 7) is 0.0286. The van der Waals surface area contributed by atoms with Crippen molar-refractivity contribution in [3.05, 3.63) is 84.8 Å². The third kappa shape index (κ3) is 5.42. The van der Waals surface area contributed by atoms with Crippen LogP contribution < -0.4 is 4.74 Å². The van der Waals surface area contributed by atoms with E-state index in [9.17, 15) is 0 Å². The number of aliphatic hydroxyl groups excluding tert-OH is 1. The molecule has 0 saturated heterocycles. The largest absolute Gasteiger partial charge is 0.439 e. The van der Waals surface area contributed by atoms with Crippen LogP contribution in [-0.4, -0.2) is 15.1 Å². The van der Waals surface area contributed by atoms with Crippen LogP contribution in [0.2, 0.25) is 0 Å². The highest BCUT2D eigenvalue weighted by molar-refractivity contribution is 5.26. The van der Waals surface area contributed by atoms with E-state index in [1.165, 1.54) is 0 Å². The number of aromatic nitrogens is 2. The second-order valence-corrected chi connectivity index (χ2v) is 4.06. The molecule has 0 aliphatic carbocycles. The van der Waals surface area contributed by atoms with Gasteiger partial charge in [0.2, 0.25) is 5.88 Å². The molecule has 1 aromatic carbocycles. The summed E-state index contributed by atoms with van der Waals surface area (Å²) < 4.78 is 5.47. The summed E-state index contributed by atoms with van der Waals surface area (Å²) in [5, 5.41) is 8.48. The number of nitrogens with zero attached hydrogens (tertiary/aromatic N) is 2. The van der Waals surface area contributed by atoms with Crippen LogP contribution in [0.5, 0.6) is 11.6 Å². The SMILES string of the molecule is OCc1ccccn1.c1ccc(Oc2ccccn2)cc1. The van der Waals surface area contributed by atoms with Crippen molar-refractivity contribution in [3.63, 3.8) is 0 Å². The molecule has 4 heteroatoms. The zero-order valence-corrected chi connectivity index (χ0v) is 11.5. The topological polar surface area (TPSA) is 55.2 Å². The Bertz CT molecular complexity index is 579. The van der Waals surface area contributed by atoms with Crippen molar-refractivity contribution < 1.29 is 9.84 Å². The van der Waals surface area contributed by atoms with Crippen LogP contribution in [-0.2, 0) is 6.61 Å². The Kier molecular flexibility index (Phi) is 5.91. The highest BCUT2D eigenvalue weighted by atomic mass is 16.5. The van der Waals surface area contributed by atoms with E-state index in [1.807, 2.05) is 60.7 Å². The molecule has 3 aromatic rings. The molecule has 0 atom stereocenters. The Hall–Kier alpha value is -2.72. The lowest BCUT2D eigenvalue weighted by molar-refractivity contribution is 0.277. The van der Waals surface area contributed by atoms with E-state index in [1.54, 1.807) is 18.5 Å². The first-order valence-electron chi connectivity index (χ1n) is 6.53. The van der Waals surface area contributed by atoms with Gasteiger partial charge in [-0.15, -0.1) is 0 Å². The zero-order chi connectivity index (χ0) is 14.8. The smallest absolute Gasteiger partial charge is 0.219 e. The molecule has 0 aliphatic rings. The lowest BCUT2D eigenvalue weighted by Crippen LogP contribution is -1.85. The van der Waals surface area contributed by atoms with Gasteiger partial charge in [0.1, 0.15) is 5.75 Å². The molecular weight excluding hydrogens is 264 g/mol. The van der Waals surface area contributed by atoms with Crippen molar-refractivity contribution in [1.82, 2.24) is 9.97 Å². The first-order valence-corrected chi connectivity index (χ1v) is 6.53. The number of rotatable bonds is 3. The summed E-state index contributed by atoms with van der Waals surface area (Å²) in [6, 6.07) is 20.6. The fourth-order valence-electron chi connectivity index (χ4n) is 1.51. The van der Waals surface area contributed by atoms with Gasteiger partial charge in [-0.05, 0) is 30.3 Å². The second-order valence-electron chi connectivity index (χ2n) is 4.06. The summed E-state index contributed by atoms with van der Waals surface area (Å²) in [6.07, 6.45) is 3.36. The molecule has 0 unspecified atom stereocenters. The minimum atomic E-state index is 0.0286. The molecule has 4 nitrogen and oxygen atoms in total. The van der Waals surface area contributed by atoms with E-state index < -0.39 is 0 Å². The molecule has 106 valence electrons. The van der Waals surface area contributed by atoms with Crippen LogP contribution in [0.15, 0.2) is 79.1 Å². The van der Waals surface area contributed by atoms with Gasteiger partial charge in [0.05, 0.1) is 12.3 Å². The molecule has 3 rings (SSSR count). The number of benzene rings is 1. The fraction of sp³-hybridized carbons (Fsp3) is 0.0588. The highest BCUT2D eigenvalue weighted by Gasteiger charge is 1.94. The van der Waals surface area contributed by atoms with Gasteiger partial charge < -0.3 is 9.84 Å². The average Bonchev–Trinajstić information content (AvgIpc) is 2.58. The van der Waals surface area contributed by atoms with Crippen LogP contribution >= 0.6 is 0 Å². The minimum Gasteiger partial charge on any atom is -0.439 e. The number of para-hydroxylation sites is 1. The number of ether oxygens (including phenoxy) is 1. The van der Waals surface area contributed by atoms with Gasteiger partial charge >= 0.3 is 0 Å². The monoisotopic (exact) mass is 280 g/mol. The Morgan fingerprint density at radius 2 is 1.43 bits per heavy atom. The van der Waals surface area contributed by atoms with Gasteiger partial charge in [-0.1, -0.05) is 30.3 Å². The molecule has 0 bridgehead atoms. The van der Waals surface area contributed by atoms with E-state index in [0.717, 1.165) is 5.75 Å². The van der Waals surface area contributed by atoms with E-state index >= 15 is 0 Å². The predicted octanol–water partition coefficient (Wildman–Crippen LogP) is 3.45. The molecule has 0 aliphatic heterocycles. The second kappa shape index (κ2) is 8.45. The lowest BCUT2D eigenvalue weighted by atomic mass is 10.3. The van der Waals surface area contributed by atoms with Crippen LogP contribution in [0.4, 0.5) is 0 Å². The average molecular weight is 280 g/mol. The van der Waals surface area contributed by atoms with E-state index in [4.69, 9.17) is 9.84 Å². The van der Waals surface area contributed by atoms with Crippen molar-refractivity contribution in [3.8, 4) is 11.6 Å². The Morgan fingerprint density at radius 1 is 0.762 bits per heavy atom. The molecule has 1 N–H and O–H groups in total. The van der Waals surface area contributed by atoms with Gasteiger partial charge in [0, 0.05) is 18.5 Å². The summed E-state index contributed by atoms with van der Waals surface area (Å²) >= 11 is 0. The third-order valence-electron chi connectivity index (χ3n) is 2.49. The van der Waals surface area contributed by atoms with E-state index in [0.29, 0.717) is 11.6 Å². The first kappa shape index (κ1) is 14.7. The quantitative estimate of drug-likeness (QED) is 0.798. The first-order chi connectivity index (χ1) is 10.4. The molecule has 0 saturated carbocycles. The molecular formula is C17H16N2O2. The maximum absolute atomic E-state index is 8.48. The standard InChI is InChI=1S/C11H9NO.C6H7NO/c1-2-6-10(7-3-1)13-11-8-4-5-9-12-11;8-5-6-3-1-2-4-7-6/h1-9H;1-4,8H,5H2. The zero-order valence-electron chi connectivity index (χ0n) is 11.5. The maximum atomic E-state index is 8.48. The predicted molar refractivity (Wildman–Crippen MR) is 80.9 cm³/mol. The van der Waals surface area contributed by atoms with E-state index in [2.05, 4.69) is 9.97 Å². The lowest BCUT2D eigenvalue weighted by Gasteiger charge is -2.02. The summed E-state index contributed by atoms with van der Waals surface area (Å²) in [7, 11) is 0. The normalized spacial score (nSPS) is 9.38. The van der Waals surface area contributed by atoms with Gasteiger partial charge in [-0.2, -0.15) is 0 Å². The van der Waals surface area contributed by atoms with Crippen molar-refractivity contribution in [2.75, 3.05) is 0 Å². The summed E-state index contributed by atoms with van der Waals surface area (Å²) in [4.78, 5) is 7.90. The Balaban J connectivity index is 0.000000173. The third-order valence-corrected chi connectivity index (χ3v) is 2.49. The molecule has 0 fully saturated rings. The fourth-order valence-corrected chi connectivity index (χ4v) is 1.51. The van der Waals surface area contributed by atoms with Crippen molar-refractivity contribution in [1.29, 1.82) is 0 Å². The van der Waals surface area contributed by atoms with E-state index in [-0.39, 0.29) is 6.61 Å². The van der Waals surface area contributed by atoms with Crippen molar-refractivity contribution in [2.45, 2.75) is 6.61 Å². The van der Waals surface area contributed by atoms with Crippen molar-refractivity contribution in [2.24, 2.45) is 0 Å². The maximum Gasteiger partial charge on any atom is 0.219 e. The van der Waals surface area contributed by atoms with Crippen LogP contribution in [0.25, 0.3) is 0 Å². The molecule has 21 heavy (non-hydrogen) atoms. The van der Waals surface area contributed by atoms with Gasteiger partial charge in [0.15, 0.2) is 0 Å². The highest BCUT2D eigenvalue weighted by Crippen LogP contribution is 2.17. The minimum absolute atomic E-state index is 0.0286. The summed E-state index contributed by atoms with van der Waals surface area (Å²) in [5.41, 5.74) is 0.715. The number of aliphatic hydroxyl groups is 1. The molecule has 2 aromatic heterocycles. The molecule has 2 heterocycles.